The van der Waals surface area contributed by atoms with E-state index in [1.54, 1.807) is 18.2 Å². The molecule has 7 nitrogen and oxygen atoms in total. The molecule has 0 saturated carbocycles. The van der Waals surface area contributed by atoms with E-state index in [0.29, 0.717) is 23.7 Å². The van der Waals surface area contributed by atoms with Gasteiger partial charge in [0.1, 0.15) is 12.3 Å². The van der Waals surface area contributed by atoms with Crippen LogP contribution in [0.4, 0.5) is 0 Å². The topological polar surface area (TPSA) is 86.5 Å². The number of aromatic carboxylic acids is 1. The number of ether oxygens (including phenoxy) is 2. The normalized spacial score (nSPS) is 10.3. The molecule has 0 aliphatic carbocycles. The second-order valence-electron chi connectivity index (χ2n) is 4.74. The smallest absolute Gasteiger partial charge is 0.358 e. The van der Waals surface area contributed by atoms with Crippen LogP contribution in [0.3, 0.4) is 0 Å². The Balaban J connectivity index is 2.25. The van der Waals surface area contributed by atoms with Gasteiger partial charge in [-0.2, -0.15) is 0 Å². The number of para-hydroxylation sites is 2. The third-order valence-corrected chi connectivity index (χ3v) is 2.89. The Kier molecular flexibility index (Phi) is 4.77. The fraction of sp³-hybridized carbons (Fsp3) is 0.267. The lowest BCUT2D eigenvalue weighted by molar-refractivity contribution is 0.0687. The van der Waals surface area contributed by atoms with Gasteiger partial charge in [-0.1, -0.05) is 29.5 Å². The highest BCUT2D eigenvalue weighted by Gasteiger charge is 2.20. The Morgan fingerprint density at radius 1 is 1.36 bits per heavy atom. The maximum atomic E-state index is 11.2. The standard InChI is InChI=1S/C15H17N3O4/c1-10(2)8-18-11(14(15(19)20)16-17-18)9-22-13-7-5-4-6-12(13)21-3/h4-7H,1,8-9H2,2-3H3,(H,19,20). The predicted molar refractivity (Wildman–Crippen MR) is 79.1 cm³/mol. The summed E-state index contributed by atoms with van der Waals surface area (Å²) in [5, 5.41) is 16.7. The van der Waals surface area contributed by atoms with Crippen LogP contribution in [0.5, 0.6) is 11.5 Å². The summed E-state index contributed by atoms with van der Waals surface area (Å²) < 4.78 is 12.3. The summed E-state index contributed by atoms with van der Waals surface area (Å²) >= 11 is 0. The lowest BCUT2D eigenvalue weighted by atomic mass is 10.3. The van der Waals surface area contributed by atoms with Crippen LogP contribution in [0.25, 0.3) is 0 Å². The first-order valence-electron chi connectivity index (χ1n) is 6.58. The molecule has 1 heterocycles. The number of carboxylic acid groups (broad SMARTS) is 1. The molecule has 0 saturated heterocycles. The SMILES string of the molecule is C=C(C)Cn1nnc(C(=O)O)c1COc1ccccc1OC. The summed E-state index contributed by atoms with van der Waals surface area (Å²) in [6, 6.07) is 7.13. The van der Waals surface area contributed by atoms with E-state index in [2.05, 4.69) is 16.9 Å². The number of rotatable bonds is 7. The van der Waals surface area contributed by atoms with Gasteiger partial charge in [-0.25, -0.2) is 9.48 Å². The van der Waals surface area contributed by atoms with Crippen molar-refractivity contribution in [2.24, 2.45) is 0 Å². The zero-order valence-electron chi connectivity index (χ0n) is 12.4. The van der Waals surface area contributed by atoms with Gasteiger partial charge in [0, 0.05) is 0 Å². The van der Waals surface area contributed by atoms with E-state index in [9.17, 15) is 9.90 Å². The van der Waals surface area contributed by atoms with Crippen LogP contribution < -0.4 is 9.47 Å². The number of carboxylic acids is 1. The van der Waals surface area contributed by atoms with Crippen LogP contribution in [0, 0.1) is 0 Å². The summed E-state index contributed by atoms with van der Waals surface area (Å²) in [4.78, 5) is 11.2. The summed E-state index contributed by atoms with van der Waals surface area (Å²) in [5.74, 6) is -0.0608. The zero-order chi connectivity index (χ0) is 16.1. The van der Waals surface area contributed by atoms with Gasteiger partial charge >= 0.3 is 5.97 Å². The molecule has 0 atom stereocenters. The predicted octanol–water partition coefficient (Wildman–Crippen LogP) is 2.14. The molecule has 22 heavy (non-hydrogen) atoms. The number of hydrogen-bond acceptors (Lipinski definition) is 5. The van der Waals surface area contributed by atoms with Crippen molar-refractivity contribution < 1.29 is 19.4 Å². The molecule has 0 amide bonds. The third kappa shape index (κ3) is 3.43. The maximum Gasteiger partial charge on any atom is 0.358 e. The van der Waals surface area contributed by atoms with Gasteiger partial charge in [0.2, 0.25) is 0 Å². The molecule has 2 rings (SSSR count). The fourth-order valence-corrected chi connectivity index (χ4v) is 1.91. The molecule has 2 aromatic rings. The lowest BCUT2D eigenvalue weighted by Crippen LogP contribution is -2.12. The Labute approximate surface area is 127 Å². The number of nitrogens with zero attached hydrogens (tertiary/aromatic N) is 3. The molecule has 0 aliphatic rings. The summed E-state index contributed by atoms with van der Waals surface area (Å²) in [6.07, 6.45) is 0. The van der Waals surface area contributed by atoms with Crippen molar-refractivity contribution in [3.8, 4) is 11.5 Å². The molecule has 0 aliphatic heterocycles. The molecular formula is C15H17N3O4. The number of allylic oxidation sites excluding steroid dienone is 1. The quantitative estimate of drug-likeness (QED) is 0.789. The van der Waals surface area contributed by atoms with E-state index in [4.69, 9.17) is 9.47 Å². The van der Waals surface area contributed by atoms with Crippen LogP contribution >= 0.6 is 0 Å². The van der Waals surface area contributed by atoms with Gasteiger partial charge < -0.3 is 14.6 Å². The van der Waals surface area contributed by atoms with Crippen LogP contribution in [0.2, 0.25) is 0 Å². The highest BCUT2D eigenvalue weighted by molar-refractivity contribution is 5.86. The van der Waals surface area contributed by atoms with Gasteiger partial charge in [0.25, 0.3) is 0 Å². The summed E-state index contributed by atoms with van der Waals surface area (Å²) in [6.45, 7) is 6.02. The minimum absolute atomic E-state index is 0.0162. The first-order chi connectivity index (χ1) is 10.5. The Bertz CT molecular complexity index is 694. The van der Waals surface area contributed by atoms with Crippen LogP contribution in [-0.2, 0) is 13.2 Å². The molecule has 0 fully saturated rings. The number of hydrogen-bond donors (Lipinski definition) is 1. The second kappa shape index (κ2) is 6.75. The van der Waals surface area contributed by atoms with Crippen molar-refractivity contribution in [2.45, 2.75) is 20.1 Å². The minimum atomic E-state index is -1.15. The van der Waals surface area contributed by atoms with Gasteiger partial charge in [-0.3, -0.25) is 0 Å². The van der Waals surface area contributed by atoms with Crippen LogP contribution in [0.15, 0.2) is 36.4 Å². The van der Waals surface area contributed by atoms with E-state index < -0.39 is 5.97 Å². The number of methoxy groups -OCH3 is 1. The first kappa shape index (κ1) is 15.6. The summed E-state index contributed by atoms with van der Waals surface area (Å²) in [7, 11) is 1.54. The van der Waals surface area contributed by atoms with Crippen molar-refractivity contribution in [2.75, 3.05) is 7.11 Å². The van der Waals surface area contributed by atoms with E-state index in [1.807, 2.05) is 13.0 Å². The van der Waals surface area contributed by atoms with Gasteiger partial charge in [-0.15, -0.1) is 5.10 Å². The van der Waals surface area contributed by atoms with Gasteiger partial charge in [0.05, 0.1) is 13.7 Å². The zero-order valence-corrected chi connectivity index (χ0v) is 12.4. The summed E-state index contributed by atoms with van der Waals surface area (Å²) in [5.41, 5.74) is 1.08. The molecule has 1 aromatic heterocycles. The lowest BCUT2D eigenvalue weighted by Gasteiger charge is -2.11. The molecule has 116 valence electrons. The second-order valence-corrected chi connectivity index (χ2v) is 4.74. The number of benzene rings is 1. The molecular weight excluding hydrogens is 286 g/mol. The van der Waals surface area contributed by atoms with Gasteiger partial charge in [0.15, 0.2) is 17.2 Å². The average Bonchev–Trinajstić information content (AvgIpc) is 2.87. The maximum absolute atomic E-state index is 11.2. The average molecular weight is 303 g/mol. The van der Waals surface area contributed by atoms with E-state index in [-0.39, 0.29) is 12.3 Å². The van der Waals surface area contributed by atoms with Crippen LogP contribution in [-0.4, -0.2) is 33.2 Å². The molecule has 0 spiro atoms. The fourth-order valence-electron chi connectivity index (χ4n) is 1.91. The van der Waals surface area contributed by atoms with E-state index in [1.165, 1.54) is 11.8 Å². The molecule has 7 heteroatoms. The molecule has 1 aromatic carbocycles. The van der Waals surface area contributed by atoms with Crippen LogP contribution in [0.1, 0.15) is 23.1 Å². The highest BCUT2D eigenvalue weighted by atomic mass is 16.5. The highest BCUT2D eigenvalue weighted by Crippen LogP contribution is 2.26. The first-order valence-corrected chi connectivity index (χ1v) is 6.58. The van der Waals surface area contributed by atoms with Crippen molar-refractivity contribution in [3.05, 3.63) is 47.8 Å². The number of aromatic nitrogens is 3. The van der Waals surface area contributed by atoms with Crippen molar-refractivity contribution in [1.29, 1.82) is 0 Å². The molecule has 1 N–H and O–H groups in total. The molecule has 0 bridgehead atoms. The van der Waals surface area contributed by atoms with Gasteiger partial charge in [-0.05, 0) is 19.1 Å². The Hall–Kier alpha value is -2.83. The molecule has 0 radical (unpaired) electrons. The van der Waals surface area contributed by atoms with Crippen molar-refractivity contribution in [1.82, 2.24) is 15.0 Å². The Morgan fingerprint density at radius 2 is 2.05 bits per heavy atom. The van der Waals surface area contributed by atoms with Crippen molar-refractivity contribution >= 4 is 5.97 Å². The van der Waals surface area contributed by atoms with E-state index >= 15 is 0 Å². The third-order valence-electron chi connectivity index (χ3n) is 2.89. The van der Waals surface area contributed by atoms with Crippen molar-refractivity contribution in [3.63, 3.8) is 0 Å². The number of carbonyl (C=O) groups is 1. The minimum Gasteiger partial charge on any atom is -0.493 e. The molecule has 0 unspecified atom stereocenters. The largest absolute Gasteiger partial charge is 0.493 e. The van der Waals surface area contributed by atoms with E-state index in [0.717, 1.165) is 5.57 Å². The monoisotopic (exact) mass is 303 g/mol. The Morgan fingerprint density at radius 3 is 2.64 bits per heavy atom.